The Kier molecular flexibility index (Phi) is 5.44. The minimum absolute atomic E-state index is 0.0594. The van der Waals surface area contributed by atoms with Crippen LogP contribution in [0.4, 0.5) is 0 Å². The van der Waals surface area contributed by atoms with Crippen LogP contribution >= 0.6 is 22.9 Å². The van der Waals surface area contributed by atoms with Gasteiger partial charge in [0, 0.05) is 6.04 Å². The third kappa shape index (κ3) is 3.95. The molecule has 17 heavy (non-hydrogen) atoms. The van der Waals surface area contributed by atoms with Crippen molar-refractivity contribution in [3.63, 3.8) is 0 Å². The second-order valence-electron chi connectivity index (χ2n) is 4.05. The van der Waals surface area contributed by atoms with Crippen LogP contribution in [0.1, 0.15) is 33.6 Å². The fraction of sp³-hybridized carbons (Fsp3) is 0.636. The fourth-order valence-corrected chi connectivity index (χ4v) is 4.65. The first-order chi connectivity index (χ1) is 7.90. The molecule has 0 spiro atoms. The normalized spacial score (nSPS) is 14.2. The van der Waals surface area contributed by atoms with E-state index in [1.165, 1.54) is 6.07 Å². The second kappa shape index (κ2) is 6.18. The molecule has 0 bridgehead atoms. The first-order valence-corrected chi connectivity index (χ1v) is 8.36. The van der Waals surface area contributed by atoms with Gasteiger partial charge in [0.1, 0.15) is 4.21 Å². The third-order valence-electron chi connectivity index (χ3n) is 2.91. The van der Waals surface area contributed by atoms with Gasteiger partial charge in [-0.2, -0.15) is 0 Å². The quantitative estimate of drug-likeness (QED) is 0.873. The van der Waals surface area contributed by atoms with Gasteiger partial charge in [-0.3, -0.25) is 0 Å². The summed E-state index contributed by atoms with van der Waals surface area (Å²) < 4.78 is 27.5. The molecule has 1 rings (SSSR count). The van der Waals surface area contributed by atoms with Gasteiger partial charge < -0.3 is 0 Å². The number of thiophene rings is 1. The maximum atomic E-state index is 12.0. The number of halogens is 1. The largest absolute Gasteiger partial charge is 0.250 e. The van der Waals surface area contributed by atoms with Crippen molar-refractivity contribution in [2.45, 2.75) is 43.9 Å². The van der Waals surface area contributed by atoms with Gasteiger partial charge in [0.15, 0.2) is 0 Å². The molecule has 0 saturated heterocycles. The maximum absolute atomic E-state index is 12.0. The van der Waals surface area contributed by atoms with Crippen molar-refractivity contribution in [2.75, 3.05) is 0 Å². The Morgan fingerprint density at radius 2 is 1.94 bits per heavy atom. The molecular weight excluding hydrogens is 278 g/mol. The summed E-state index contributed by atoms with van der Waals surface area (Å²) in [5.74, 6) is 0.361. The molecule has 0 radical (unpaired) electrons. The number of nitrogens with one attached hydrogen (secondary N) is 1. The van der Waals surface area contributed by atoms with Gasteiger partial charge in [-0.05, 0) is 25.0 Å². The predicted octanol–water partition coefficient (Wildman–Crippen LogP) is 3.50. The molecule has 1 heterocycles. The molecule has 98 valence electrons. The van der Waals surface area contributed by atoms with E-state index in [1.54, 1.807) is 6.07 Å². The van der Waals surface area contributed by atoms with Gasteiger partial charge in [0.05, 0.1) is 4.34 Å². The standard InChI is InChI=1S/C11H18ClNO2S2/c1-4-9(5-2)8(3)13-17(14,15)11-7-6-10(12)16-11/h6-9,13H,4-5H2,1-3H3. The van der Waals surface area contributed by atoms with E-state index in [4.69, 9.17) is 11.6 Å². The van der Waals surface area contributed by atoms with Crippen LogP contribution in [0.25, 0.3) is 0 Å². The highest BCUT2D eigenvalue weighted by molar-refractivity contribution is 7.91. The van der Waals surface area contributed by atoms with Crippen LogP contribution in [-0.4, -0.2) is 14.5 Å². The summed E-state index contributed by atoms with van der Waals surface area (Å²) in [7, 11) is -3.42. The van der Waals surface area contributed by atoms with E-state index in [-0.39, 0.29) is 10.3 Å². The second-order valence-corrected chi connectivity index (χ2v) is 7.70. The molecule has 0 aliphatic carbocycles. The molecule has 0 aromatic carbocycles. The third-order valence-corrected chi connectivity index (χ3v) is 6.19. The lowest BCUT2D eigenvalue weighted by molar-refractivity contribution is 0.391. The number of hydrogen-bond acceptors (Lipinski definition) is 3. The Hall–Kier alpha value is -0.100. The highest BCUT2D eigenvalue weighted by Crippen LogP contribution is 2.26. The van der Waals surface area contributed by atoms with E-state index < -0.39 is 10.0 Å². The molecule has 1 unspecified atom stereocenters. The topological polar surface area (TPSA) is 46.2 Å². The highest BCUT2D eigenvalue weighted by atomic mass is 35.5. The predicted molar refractivity (Wildman–Crippen MR) is 73.2 cm³/mol. The molecule has 1 N–H and O–H groups in total. The maximum Gasteiger partial charge on any atom is 0.250 e. The Balaban J connectivity index is 2.80. The first kappa shape index (κ1) is 15.0. The summed E-state index contributed by atoms with van der Waals surface area (Å²) in [4.78, 5) is 0. The number of sulfonamides is 1. The minimum atomic E-state index is -3.42. The van der Waals surface area contributed by atoms with E-state index in [0.717, 1.165) is 24.2 Å². The molecule has 1 aromatic rings. The Bertz CT molecular complexity index is 452. The average Bonchev–Trinajstić information content (AvgIpc) is 2.66. The number of hydrogen-bond donors (Lipinski definition) is 1. The van der Waals surface area contributed by atoms with E-state index in [2.05, 4.69) is 18.6 Å². The van der Waals surface area contributed by atoms with Crippen molar-refractivity contribution < 1.29 is 8.42 Å². The van der Waals surface area contributed by atoms with Crippen LogP contribution in [0.3, 0.4) is 0 Å². The Morgan fingerprint density at radius 1 is 1.35 bits per heavy atom. The van der Waals surface area contributed by atoms with Crippen molar-refractivity contribution in [2.24, 2.45) is 5.92 Å². The summed E-state index contributed by atoms with van der Waals surface area (Å²) in [6.45, 7) is 6.05. The van der Waals surface area contributed by atoms with Crippen molar-refractivity contribution in [3.05, 3.63) is 16.5 Å². The lowest BCUT2D eigenvalue weighted by Crippen LogP contribution is -2.37. The minimum Gasteiger partial charge on any atom is -0.207 e. The summed E-state index contributed by atoms with van der Waals surface area (Å²) >= 11 is 6.82. The zero-order valence-corrected chi connectivity index (χ0v) is 12.6. The van der Waals surface area contributed by atoms with Crippen LogP contribution in [-0.2, 0) is 10.0 Å². The fourth-order valence-electron chi connectivity index (χ4n) is 1.84. The molecule has 0 amide bonds. The van der Waals surface area contributed by atoms with Gasteiger partial charge in [-0.25, -0.2) is 13.1 Å². The highest BCUT2D eigenvalue weighted by Gasteiger charge is 2.22. The summed E-state index contributed by atoms with van der Waals surface area (Å²) in [5, 5.41) is 0. The van der Waals surface area contributed by atoms with Gasteiger partial charge in [-0.1, -0.05) is 38.3 Å². The van der Waals surface area contributed by atoms with Crippen molar-refractivity contribution in [3.8, 4) is 0 Å². The van der Waals surface area contributed by atoms with Crippen LogP contribution in [0.5, 0.6) is 0 Å². The molecule has 3 nitrogen and oxygen atoms in total. The summed E-state index contributed by atoms with van der Waals surface area (Å²) in [6.07, 6.45) is 1.93. The van der Waals surface area contributed by atoms with E-state index in [9.17, 15) is 8.42 Å². The first-order valence-electron chi connectivity index (χ1n) is 5.68. The van der Waals surface area contributed by atoms with Gasteiger partial charge >= 0.3 is 0 Å². The zero-order valence-electron chi connectivity index (χ0n) is 10.2. The molecular formula is C11H18ClNO2S2. The van der Waals surface area contributed by atoms with E-state index in [1.807, 2.05) is 6.92 Å². The van der Waals surface area contributed by atoms with Crippen molar-refractivity contribution >= 4 is 33.0 Å². The van der Waals surface area contributed by atoms with Crippen LogP contribution in [0.15, 0.2) is 16.3 Å². The van der Waals surface area contributed by atoms with Crippen LogP contribution < -0.4 is 4.72 Å². The van der Waals surface area contributed by atoms with Gasteiger partial charge in [0.25, 0.3) is 0 Å². The lowest BCUT2D eigenvalue weighted by atomic mass is 9.96. The molecule has 6 heteroatoms. The van der Waals surface area contributed by atoms with Crippen LogP contribution in [0.2, 0.25) is 4.34 Å². The SMILES string of the molecule is CCC(CC)C(C)NS(=O)(=O)c1ccc(Cl)s1. The van der Waals surface area contributed by atoms with E-state index in [0.29, 0.717) is 10.3 Å². The molecule has 1 atom stereocenters. The van der Waals surface area contributed by atoms with Crippen molar-refractivity contribution in [1.82, 2.24) is 4.72 Å². The zero-order chi connectivity index (χ0) is 13.1. The van der Waals surface area contributed by atoms with Gasteiger partial charge in [-0.15, -0.1) is 11.3 Å². The summed E-state index contributed by atoms with van der Waals surface area (Å²) in [6, 6.07) is 3.08. The number of rotatable bonds is 6. The molecule has 0 aliphatic heterocycles. The van der Waals surface area contributed by atoms with E-state index >= 15 is 0 Å². The Morgan fingerprint density at radius 3 is 2.35 bits per heavy atom. The Labute approximate surface area is 112 Å². The lowest BCUT2D eigenvalue weighted by Gasteiger charge is -2.21. The molecule has 0 aliphatic rings. The van der Waals surface area contributed by atoms with Crippen molar-refractivity contribution in [1.29, 1.82) is 0 Å². The molecule has 1 aromatic heterocycles. The molecule has 0 saturated carbocycles. The van der Waals surface area contributed by atoms with Crippen LogP contribution in [0, 0.1) is 5.92 Å². The average molecular weight is 296 g/mol. The molecule has 0 fully saturated rings. The summed E-state index contributed by atoms with van der Waals surface area (Å²) in [5.41, 5.74) is 0. The van der Waals surface area contributed by atoms with Gasteiger partial charge in [0.2, 0.25) is 10.0 Å². The monoisotopic (exact) mass is 295 g/mol. The smallest absolute Gasteiger partial charge is 0.207 e.